The number of pyridine rings is 1. The molecule has 2 aliphatic rings. The molecule has 2 saturated heterocycles. The molecule has 0 radical (unpaired) electrons. The Balaban J connectivity index is 1.73. The molecule has 0 bridgehead atoms. The number of carbonyl (C=O) groups is 1. The fourth-order valence-electron chi connectivity index (χ4n) is 4.48. The lowest BCUT2D eigenvalue weighted by Crippen LogP contribution is -2.41. The zero-order chi connectivity index (χ0) is 30.2. The number of aromatic nitrogens is 1. The minimum absolute atomic E-state index is 0.0489. The predicted molar refractivity (Wildman–Crippen MR) is 152 cm³/mol. The number of ether oxygens (including phenoxy) is 1. The first-order chi connectivity index (χ1) is 19.2. The van der Waals surface area contributed by atoms with Crippen LogP contribution < -0.4 is 15.5 Å². The van der Waals surface area contributed by atoms with Crippen molar-refractivity contribution in [2.45, 2.75) is 77.7 Å². The normalized spacial score (nSPS) is 20.1. The van der Waals surface area contributed by atoms with E-state index < -0.39 is 69.0 Å². The molecule has 0 spiro atoms. The summed E-state index contributed by atoms with van der Waals surface area (Å²) in [7, 11) is -4.81. The molecule has 3 N–H and O–H groups in total. The van der Waals surface area contributed by atoms with E-state index in [4.69, 9.17) is 19.5 Å². The minimum atomic E-state index is -3.93. The van der Waals surface area contributed by atoms with E-state index in [0.717, 1.165) is 25.0 Å². The SMILES string of the molecule is CCCS(=O)(=O)Nc1ccc(F)c(C(=O)C(=N)c2cc(B3OC(C)(C)C(C)(C)O3)cnc2NC2CCCCO2)c1F. The van der Waals surface area contributed by atoms with Crippen molar-refractivity contribution >= 4 is 45.6 Å². The van der Waals surface area contributed by atoms with Crippen LogP contribution in [-0.2, 0) is 24.1 Å². The van der Waals surface area contributed by atoms with Gasteiger partial charge in [0.15, 0.2) is 5.82 Å². The number of halogens is 2. The van der Waals surface area contributed by atoms with Crippen LogP contribution in [0.4, 0.5) is 20.3 Å². The molecule has 2 aliphatic heterocycles. The lowest BCUT2D eigenvalue weighted by Gasteiger charge is -2.32. The number of anilines is 2. The molecule has 0 aliphatic carbocycles. The summed E-state index contributed by atoms with van der Waals surface area (Å²) in [4.78, 5) is 17.9. The number of nitrogens with zero attached hydrogens (tertiary/aromatic N) is 1. The quantitative estimate of drug-likeness (QED) is 0.214. The lowest BCUT2D eigenvalue weighted by atomic mass is 9.79. The van der Waals surface area contributed by atoms with Crippen molar-refractivity contribution in [2.24, 2.45) is 0 Å². The molecule has 14 heteroatoms. The topological polar surface area (TPSA) is 140 Å². The molecule has 2 aromatic rings. The molecule has 222 valence electrons. The van der Waals surface area contributed by atoms with Crippen molar-refractivity contribution in [1.29, 1.82) is 5.41 Å². The minimum Gasteiger partial charge on any atom is -0.399 e. The smallest absolute Gasteiger partial charge is 0.399 e. The van der Waals surface area contributed by atoms with Gasteiger partial charge < -0.3 is 19.4 Å². The zero-order valence-electron chi connectivity index (χ0n) is 23.8. The van der Waals surface area contributed by atoms with E-state index in [9.17, 15) is 17.6 Å². The van der Waals surface area contributed by atoms with E-state index >= 15 is 4.39 Å². The third kappa shape index (κ3) is 6.61. The summed E-state index contributed by atoms with van der Waals surface area (Å²) in [6, 6.07) is 3.14. The third-order valence-electron chi connectivity index (χ3n) is 7.46. The molecule has 1 unspecified atom stereocenters. The van der Waals surface area contributed by atoms with Gasteiger partial charge in [-0.3, -0.25) is 14.9 Å². The summed E-state index contributed by atoms with van der Waals surface area (Å²) < 4.78 is 74.7. The zero-order valence-corrected chi connectivity index (χ0v) is 24.6. The van der Waals surface area contributed by atoms with Crippen molar-refractivity contribution in [3.8, 4) is 0 Å². The molecule has 0 saturated carbocycles. The van der Waals surface area contributed by atoms with Crippen LogP contribution in [0.15, 0.2) is 24.4 Å². The Morgan fingerprint density at radius 1 is 1.17 bits per heavy atom. The van der Waals surface area contributed by atoms with Gasteiger partial charge in [0.1, 0.15) is 23.6 Å². The second-order valence-electron chi connectivity index (χ2n) is 11.2. The number of nitrogens with one attached hydrogen (secondary N) is 3. The fourth-order valence-corrected chi connectivity index (χ4v) is 5.61. The Labute approximate surface area is 239 Å². The van der Waals surface area contributed by atoms with Gasteiger partial charge >= 0.3 is 7.12 Å². The molecule has 1 aromatic carbocycles. The molecular formula is C27H35BF2N4O6S. The number of sulfonamides is 1. The number of hydrogen-bond donors (Lipinski definition) is 3. The maximum absolute atomic E-state index is 15.4. The van der Waals surface area contributed by atoms with Gasteiger partial charge in [0.25, 0.3) is 0 Å². The molecule has 41 heavy (non-hydrogen) atoms. The standard InChI is InChI=1S/C27H35BF2N4O6S/c1-6-13-41(36,37)34-19-11-10-18(29)21(22(19)30)24(35)23(31)17-14-16(28-39-26(2,3)27(4,5)40-28)15-32-25(17)33-20-9-7-8-12-38-20/h10-11,14-15,20,31,34H,6-9,12-13H2,1-5H3,(H,32,33). The highest BCUT2D eigenvalue weighted by Crippen LogP contribution is 2.36. The summed E-state index contributed by atoms with van der Waals surface area (Å²) in [5.41, 5.74) is -3.42. The van der Waals surface area contributed by atoms with E-state index in [1.54, 1.807) is 6.92 Å². The van der Waals surface area contributed by atoms with E-state index in [-0.39, 0.29) is 23.6 Å². The molecule has 2 fully saturated rings. The highest BCUT2D eigenvalue weighted by atomic mass is 32.2. The summed E-state index contributed by atoms with van der Waals surface area (Å²) in [5.74, 6) is -4.14. The van der Waals surface area contributed by atoms with Crippen LogP contribution in [0.3, 0.4) is 0 Å². The average Bonchev–Trinajstić information content (AvgIpc) is 3.12. The van der Waals surface area contributed by atoms with Crippen molar-refractivity contribution in [3.63, 3.8) is 0 Å². The van der Waals surface area contributed by atoms with E-state index in [1.807, 2.05) is 32.4 Å². The number of Topliss-reactive ketones (excluding diaryl/α,β-unsaturated/α-hetero) is 1. The Morgan fingerprint density at radius 2 is 1.85 bits per heavy atom. The maximum atomic E-state index is 15.4. The molecule has 4 rings (SSSR count). The van der Waals surface area contributed by atoms with Crippen LogP contribution in [0.2, 0.25) is 0 Å². The van der Waals surface area contributed by atoms with Gasteiger partial charge in [-0.1, -0.05) is 6.92 Å². The van der Waals surface area contributed by atoms with Gasteiger partial charge in [-0.15, -0.1) is 0 Å². The van der Waals surface area contributed by atoms with Gasteiger partial charge in [-0.2, -0.15) is 0 Å². The van der Waals surface area contributed by atoms with Crippen molar-refractivity contribution in [2.75, 3.05) is 22.4 Å². The maximum Gasteiger partial charge on any atom is 0.496 e. The number of hydrogen-bond acceptors (Lipinski definition) is 9. The number of benzene rings is 1. The average molecular weight is 592 g/mol. The largest absolute Gasteiger partial charge is 0.496 e. The molecule has 0 amide bonds. The van der Waals surface area contributed by atoms with Crippen molar-refractivity contribution in [1.82, 2.24) is 4.98 Å². The van der Waals surface area contributed by atoms with Crippen LogP contribution in [-0.4, -0.2) is 61.8 Å². The molecule has 3 heterocycles. The van der Waals surface area contributed by atoms with E-state index in [1.165, 1.54) is 12.3 Å². The summed E-state index contributed by atoms with van der Waals surface area (Å²) in [6.45, 7) is 9.64. The monoisotopic (exact) mass is 592 g/mol. The second kappa shape index (κ2) is 11.7. The van der Waals surface area contributed by atoms with Crippen LogP contribution in [0, 0.1) is 17.0 Å². The Hall–Kier alpha value is -2.94. The summed E-state index contributed by atoms with van der Waals surface area (Å²) >= 11 is 0. The van der Waals surface area contributed by atoms with Crippen LogP contribution in [0.1, 0.15) is 76.2 Å². The molecule has 1 atom stereocenters. The number of carbonyl (C=O) groups excluding carboxylic acids is 1. The van der Waals surface area contributed by atoms with Crippen molar-refractivity contribution in [3.05, 3.63) is 47.2 Å². The molecule has 1 aromatic heterocycles. The fraction of sp³-hybridized carbons (Fsp3) is 0.519. The molecular weight excluding hydrogens is 557 g/mol. The van der Waals surface area contributed by atoms with Crippen LogP contribution in [0.5, 0.6) is 0 Å². The summed E-state index contributed by atoms with van der Waals surface area (Å²) in [5, 5.41) is 11.8. The first-order valence-corrected chi connectivity index (χ1v) is 15.2. The van der Waals surface area contributed by atoms with E-state index in [0.29, 0.717) is 18.5 Å². The van der Waals surface area contributed by atoms with E-state index in [2.05, 4.69) is 10.3 Å². The Kier molecular flexibility index (Phi) is 8.88. The molecule has 10 nitrogen and oxygen atoms in total. The number of rotatable bonds is 10. The van der Waals surface area contributed by atoms with Gasteiger partial charge in [-0.05, 0) is 71.6 Å². The Morgan fingerprint density at radius 3 is 2.46 bits per heavy atom. The third-order valence-corrected chi connectivity index (χ3v) is 8.94. The number of ketones is 1. The first-order valence-electron chi connectivity index (χ1n) is 13.5. The Bertz CT molecular complexity index is 1430. The van der Waals surface area contributed by atoms with Crippen LogP contribution >= 0.6 is 0 Å². The van der Waals surface area contributed by atoms with Gasteiger partial charge in [0, 0.05) is 23.8 Å². The van der Waals surface area contributed by atoms with Gasteiger partial charge in [0.2, 0.25) is 15.8 Å². The van der Waals surface area contributed by atoms with Crippen LogP contribution in [0.25, 0.3) is 0 Å². The first kappa shape index (κ1) is 31.0. The highest BCUT2D eigenvalue weighted by molar-refractivity contribution is 7.92. The van der Waals surface area contributed by atoms with Gasteiger partial charge in [-0.25, -0.2) is 22.2 Å². The lowest BCUT2D eigenvalue weighted by molar-refractivity contribution is 0.00578. The second-order valence-corrected chi connectivity index (χ2v) is 13.0. The highest BCUT2D eigenvalue weighted by Gasteiger charge is 2.52. The predicted octanol–water partition coefficient (Wildman–Crippen LogP) is 4.00. The van der Waals surface area contributed by atoms with Gasteiger partial charge in [0.05, 0.1) is 28.2 Å². The summed E-state index contributed by atoms with van der Waals surface area (Å²) in [6.07, 6.45) is 3.76. The van der Waals surface area contributed by atoms with Crippen molar-refractivity contribution < 1.29 is 36.0 Å².